The number of esters is 1. The largest absolute Gasteiger partial charge is 0.497 e. The molecule has 0 aliphatic carbocycles. The Morgan fingerprint density at radius 1 is 1.25 bits per heavy atom. The van der Waals surface area contributed by atoms with Crippen LogP contribution >= 0.6 is 0 Å². The van der Waals surface area contributed by atoms with Gasteiger partial charge in [-0.15, -0.1) is 0 Å². The van der Waals surface area contributed by atoms with Gasteiger partial charge in [0.1, 0.15) is 18.4 Å². The van der Waals surface area contributed by atoms with Gasteiger partial charge in [-0.25, -0.2) is 9.59 Å². The lowest BCUT2D eigenvalue weighted by atomic mass is 10.1. The number of methoxy groups -OCH3 is 1. The fourth-order valence-corrected chi connectivity index (χ4v) is 3.44. The van der Waals surface area contributed by atoms with E-state index < -0.39 is 5.97 Å². The Morgan fingerprint density at radius 3 is 2.68 bits per heavy atom. The van der Waals surface area contributed by atoms with Crippen molar-refractivity contribution < 1.29 is 28.6 Å². The Kier molecular flexibility index (Phi) is 6.23. The number of likely N-dealkylation sites (tertiary alicyclic amines) is 1. The quantitative estimate of drug-likeness (QED) is 0.697. The minimum absolute atomic E-state index is 0.181. The van der Waals surface area contributed by atoms with E-state index in [-0.39, 0.29) is 37.4 Å². The molecule has 9 nitrogen and oxygen atoms in total. The fraction of sp³-hybridized carbons (Fsp3) is 0.526. The molecule has 0 saturated carbocycles. The predicted octanol–water partition coefficient (Wildman–Crippen LogP) is 1.02. The Morgan fingerprint density at radius 2 is 2.00 bits per heavy atom. The summed E-state index contributed by atoms with van der Waals surface area (Å²) in [5, 5.41) is 2.53. The second kappa shape index (κ2) is 8.81. The van der Waals surface area contributed by atoms with Crippen LogP contribution in [0.5, 0.6) is 5.75 Å². The highest BCUT2D eigenvalue weighted by atomic mass is 16.6. The van der Waals surface area contributed by atoms with Gasteiger partial charge in [0, 0.05) is 13.1 Å². The van der Waals surface area contributed by atoms with Gasteiger partial charge in [-0.05, 0) is 31.0 Å². The molecule has 0 spiro atoms. The normalized spacial score (nSPS) is 20.6. The van der Waals surface area contributed by atoms with E-state index in [0.29, 0.717) is 26.1 Å². The molecule has 152 valence electrons. The molecule has 2 aliphatic rings. The van der Waals surface area contributed by atoms with E-state index in [2.05, 4.69) is 5.32 Å². The maximum Gasteiger partial charge on any atom is 0.410 e. The zero-order valence-corrected chi connectivity index (χ0v) is 16.1. The number of carbonyl (C=O) groups is 3. The van der Waals surface area contributed by atoms with Gasteiger partial charge in [-0.1, -0.05) is 12.1 Å². The highest BCUT2D eigenvalue weighted by molar-refractivity contribution is 5.81. The number of amides is 3. The van der Waals surface area contributed by atoms with E-state index >= 15 is 0 Å². The number of nitrogens with one attached hydrogen (secondary N) is 1. The van der Waals surface area contributed by atoms with Crippen molar-refractivity contribution >= 4 is 18.1 Å². The summed E-state index contributed by atoms with van der Waals surface area (Å²) in [6, 6.07) is 7.13. The van der Waals surface area contributed by atoms with Gasteiger partial charge in [0.05, 0.1) is 26.3 Å². The number of rotatable bonds is 7. The Balaban J connectivity index is 1.51. The third kappa shape index (κ3) is 4.47. The van der Waals surface area contributed by atoms with E-state index in [1.54, 1.807) is 23.8 Å². The summed E-state index contributed by atoms with van der Waals surface area (Å²) >= 11 is 0. The SMILES string of the molecule is CCOC(=O)CNC(=O)N1CC2OC(=O)N(CCc3ccc(OC)cc3)C2C1. The van der Waals surface area contributed by atoms with Crippen LogP contribution in [0.3, 0.4) is 0 Å². The first-order valence-electron chi connectivity index (χ1n) is 9.30. The first-order valence-corrected chi connectivity index (χ1v) is 9.30. The number of ether oxygens (including phenoxy) is 3. The Bertz CT molecular complexity index is 723. The van der Waals surface area contributed by atoms with Crippen LogP contribution < -0.4 is 10.1 Å². The lowest BCUT2D eigenvalue weighted by molar-refractivity contribution is -0.141. The van der Waals surface area contributed by atoms with Crippen LogP contribution in [0.2, 0.25) is 0 Å². The molecule has 1 aromatic rings. The molecule has 28 heavy (non-hydrogen) atoms. The van der Waals surface area contributed by atoms with E-state index in [4.69, 9.17) is 14.2 Å². The molecule has 2 heterocycles. The number of fused-ring (bicyclic) bond motifs is 1. The third-order valence-electron chi connectivity index (χ3n) is 4.90. The van der Waals surface area contributed by atoms with Crippen molar-refractivity contribution in [3.8, 4) is 5.75 Å². The Labute approximate surface area is 163 Å². The molecule has 2 aliphatic heterocycles. The lowest BCUT2D eigenvalue weighted by Gasteiger charge is -2.22. The van der Waals surface area contributed by atoms with Gasteiger partial charge in [-0.3, -0.25) is 9.69 Å². The van der Waals surface area contributed by atoms with Crippen LogP contribution in [0.25, 0.3) is 0 Å². The summed E-state index contributed by atoms with van der Waals surface area (Å²) in [4.78, 5) is 39.0. The van der Waals surface area contributed by atoms with Crippen molar-refractivity contribution in [2.24, 2.45) is 0 Å². The summed E-state index contributed by atoms with van der Waals surface area (Å²) in [7, 11) is 1.62. The third-order valence-corrected chi connectivity index (χ3v) is 4.90. The predicted molar refractivity (Wildman–Crippen MR) is 99.1 cm³/mol. The summed E-state index contributed by atoms with van der Waals surface area (Å²) in [6.07, 6.45) is -0.0241. The van der Waals surface area contributed by atoms with Crippen LogP contribution in [-0.2, 0) is 20.7 Å². The number of benzene rings is 1. The summed E-state index contributed by atoms with van der Waals surface area (Å²) in [5.74, 6) is 0.299. The second-order valence-corrected chi connectivity index (χ2v) is 6.65. The molecule has 2 fully saturated rings. The zero-order valence-electron chi connectivity index (χ0n) is 16.1. The minimum Gasteiger partial charge on any atom is -0.497 e. The van der Waals surface area contributed by atoms with Crippen LogP contribution in [0.1, 0.15) is 12.5 Å². The van der Waals surface area contributed by atoms with Gasteiger partial charge in [-0.2, -0.15) is 0 Å². The molecule has 1 aromatic carbocycles. The van der Waals surface area contributed by atoms with Crippen LogP contribution in [0, 0.1) is 0 Å². The minimum atomic E-state index is -0.484. The molecule has 2 saturated heterocycles. The van der Waals surface area contributed by atoms with Gasteiger partial charge in [0.25, 0.3) is 0 Å². The Hall–Kier alpha value is -2.97. The maximum absolute atomic E-state index is 12.2. The number of urea groups is 1. The summed E-state index contributed by atoms with van der Waals surface area (Å²) < 4.78 is 15.4. The molecule has 0 aromatic heterocycles. The fourth-order valence-electron chi connectivity index (χ4n) is 3.44. The average molecular weight is 391 g/mol. The van der Waals surface area contributed by atoms with E-state index in [0.717, 1.165) is 11.3 Å². The van der Waals surface area contributed by atoms with E-state index in [9.17, 15) is 14.4 Å². The van der Waals surface area contributed by atoms with Crippen LogP contribution in [0.4, 0.5) is 9.59 Å². The molecule has 3 rings (SSSR count). The van der Waals surface area contributed by atoms with Crippen molar-refractivity contribution in [2.45, 2.75) is 25.5 Å². The summed E-state index contributed by atoms with van der Waals surface area (Å²) in [5.41, 5.74) is 1.08. The van der Waals surface area contributed by atoms with Crippen molar-refractivity contribution in [3.05, 3.63) is 29.8 Å². The monoisotopic (exact) mass is 391 g/mol. The van der Waals surface area contributed by atoms with Gasteiger partial charge >= 0.3 is 18.1 Å². The number of nitrogens with zero attached hydrogens (tertiary/aromatic N) is 2. The molecular weight excluding hydrogens is 366 g/mol. The standard InChI is InChI=1S/C19H25N3O6/c1-3-27-17(23)10-20-18(24)21-11-15-16(12-21)28-19(25)22(15)9-8-13-4-6-14(26-2)7-5-13/h4-7,15-16H,3,8-12H2,1-2H3,(H,20,24). The maximum atomic E-state index is 12.2. The van der Waals surface area contributed by atoms with Gasteiger partial charge in [0.2, 0.25) is 0 Å². The lowest BCUT2D eigenvalue weighted by Crippen LogP contribution is -2.44. The zero-order chi connectivity index (χ0) is 20.1. The first kappa shape index (κ1) is 19.8. The molecule has 1 N–H and O–H groups in total. The van der Waals surface area contributed by atoms with Gasteiger partial charge in [0.15, 0.2) is 0 Å². The van der Waals surface area contributed by atoms with Crippen molar-refractivity contribution in [1.29, 1.82) is 0 Å². The van der Waals surface area contributed by atoms with Crippen molar-refractivity contribution in [3.63, 3.8) is 0 Å². The highest BCUT2D eigenvalue weighted by Crippen LogP contribution is 2.27. The molecular formula is C19H25N3O6. The molecule has 3 amide bonds. The number of hydrogen-bond donors (Lipinski definition) is 1. The van der Waals surface area contributed by atoms with Crippen molar-refractivity contribution in [2.75, 3.05) is 39.9 Å². The molecule has 2 unspecified atom stereocenters. The average Bonchev–Trinajstić information content (AvgIpc) is 3.22. The van der Waals surface area contributed by atoms with Crippen molar-refractivity contribution in [1.82, 2.24) is 15.1 Å². The molecule has 0 radical (unpaired) electrons. The number of hydrogen-bond acceptors (Lipinski definition) is 6. The summed E-state index contributed by atoms with van der Waals surface area (Å²) in [6.45, 7) is 2.97. The smallest absolute Gasteiger partial charge is 0.410 e. The second-order valence-electron chi connectivity index (χ2n) is 6.65. The molecule has 2 atom stereocenters. The van der Waals surface area contributed by atoms with Crippen LogP contribution in [-0.4, -0.2) is 79.9 Å². The number of carbonyl (C=O) groups excluding carboxylic acids is 3. The first-order chi connectivity index (χ1) is 13.5. The topological polar surface area (TPSA) is 97.4 Å². The van der Waals surface area contributed by atoms with Gasteiger partial charge < -0.3 is 24.4 Å². The van der Waals surface area contributed by atoms with Crippen LogP contribution in [0.15, 0.2) is 24.3 Å². The van der Waals surface area contributed by atoms with E-state index in [1.165, 1.54) is 0 Å². The molecule has 0 bridgehead atoms. The molecule has 9 heteroatoms. The van der Waals surface area contributed by atoms with E-state index in [1.807, 2.05) is 24.3 Å². The highest BCUT2D eigenvalue weighted by Gasteiger charge is 2.48.